The lowest BCUT2D eigenvalue weighted by Gasteiger charge is -2.00. The lowest BCUT2D eigenvalue weighted by atomic mass is 10.2. The molecule has 0 aliphatic carbocycles. The van der Waals surface area contributed by atoms with Crippen LogP contribution in [-0.4, -0.2) is 21.9 Å². The first kappa shape index (κ1) is 11.4. The standard InChI is InChI=1S/C11H11ClOS2/c12-9-3-1-8(2-4-9)5-11(13)15-7-10-6-14-10/h1-4,10H,5-7H2. The van der Waals surface area contributed by atoms with Gasteiger partial charge < -0.3 is 0 Å². The molecule has 1 aromatic rings. The van der Waals surface area contributed by atoms with Gasteiger partial charge in [0.25, 0.3) is 0 Å². The van der Waals surface area contributed by atoms with E-state index in [1.165, 1.54) is 17.5 Å². The van der Waals surface area contributed by atoms with Gasteiger partial charge in [-0.05, 0) is 17.7 Å². The molecule has 4 heteroatoms. The molecule has 0 spiro atoms. The number of rotatable bonds is 4. The molecule has 2 rings (SSSR count). The third-order valence-electron chi connectivity index (χ3n) is 2.09. The number of benzene rings is 1. The van der Waals surface area contributed by atoms with Gasteiger partial charge in [-0.1, -0.05) is 35.5 Å². The van der Waals surface area contributed by atoms with Crippen LogP contribution in [0, 0.1) is 0 Å². The van der Waals surface area contributed by atoms with E-state index in [1.807, 2.05) is 36.0 Å². The normalized spacial score (nSPS) is 18.9. The minimum atomic E-state index is 0.254. The Balaban J connectivity index is 1.79. The van der Waals surface area contributed by atoms with Crippen molar-refractivity contribution in [3.05, 3.63) is 34.9 Å². The molecule has 1 aromatic carbocycles. The Bertz CT molecular complexity index is 346. The summed E-state index contributed by atoms with van der Waals surface area (Å²) in [6.45, 7) is 0. The summed E-state index contributed by atoms with van der Waals surface area (Å²) >= 11 is 9.15. The highest BCUT2D eigenvalue weighted by Crippen LogP contribution is 2.33. The van der Waals surface area contributed by atoms with Crippen molar-refractivity contribution in [2.45, 2.75) is 11.7 Å². The van der Waals surface area contributed by atoms with Crippen LogP contribution in [-0.2, 0) is 11.2 Å². The summed E-state index contributed by atoms with van der Waals surface area (Å²) in [6, 6.07) is 7.47. The van der Waals surface area contributed by atoms with Gasteiger partial charge in [0.15, 0.2) is 5.12 Å². The van der Waals surface area contributed by atoms with Gasteiger partial charge in [-0.25, -0.2) is 0 Å². The molecule has 0 saturated carbocycles. The zero-order valence-corrected chi connectivity index (χ0v) is 10.5. The quantitative estimate of drug-likeness (QED) is 0.772. The van der Waals surface area contributed by atoms with Crippen molar-refractivity contribution < 1.29 is 4.79 Å². The van der Waals surface area contributed by atoms with Crippen molar-refractivity contribution in [3.63, 3.8) is 0 Å². The Hall–Kier alpha value is -0.120. The second-order valence-corrected chi connectivity index (χ2v) is 6.29. The third kappa shape index (κ3) is 4.09. The first-order valence-electron chi connectivity index (χ1n) is 4.76. The molecule has 0 amide bonds. The summed E-state index contributed by atoms with van der Waals surface area (Å²) < 4.78 is 0. The highest BCUT2D eigenvalue weighted by Gasteiger charge is 2.23. The largest absolute Gasteiger partial charge is 0.287 e. The Morgan fingerprint density at radius 3 is 2.73 bits per heavy atom. The van der Waals surface area contributed by atoms with Crippen LogP contribution in [0.5, 0.6) is 0 Å². The average Bonchev–Trinajstić information content (AvgIpc) is 3.02. The maximum Gasteiger partial charge on any atom is 0.193 e. The number of halogens is 1. The van der Waals surface area contributed by atoms with Gasteiger partial charge in [0.2, 0.25) is 0 Å². The molecule has 0 radical (unpaired) electrons. The molecule has 0 bridgehead atoms. The molecule has 0 aromatic heterocycles. The summed E-state index contributed by atoms with van der Waals surface area (Å²) in [5.41, 5.74) is 1.04. The SMILES string of the molecule is O=C(Cc1ccc(Cl)cc1)SCC1CS1. The van der Waals surface area contributed by atoms with E-state index in [9.17, 15) is 4.79 Å². The van der Waals surface area contributed by atoms with Crippen LogP contribution in [0.3, 0.4) is 0 Å². The van der Waals surface area contributed by atoms with E-state index in [0.717, 1.165) is 16.6 Å². The molecule has 1 saturated heterocycles. The molecular weight excluding hydrogens is 248 g/mol. The van der Waals surface area contributed by atoms with Gasteiger partial charge in [0, 0.05) is 28.2 Å². The van der Waals surface area contributed by atoms with Crippen LogP contribution < -0.4 is 0 Å². The van der Waals surface area contributed by atoms with Crippen LogP contribution >= 0.6 is 35.1 Å². The summed E-state index contributed by atoms with van der Waals surface area (Å²) in [5, 5.41) is 1.70. The molecule has 15 heavy (non-hydrogen) atoms. The molecule has 1 heterocycles. The van der Waals surface area contributed by atoms with E-state index < -0.39 is 0 Å². The summed E-state index contributed by atoms with van der Waals surface area (Å²) in [6.07, 6.45) is 0.513. The van der Waals surface area contributed by atoms with Gasteiger partial charge in [0.1, 0.15) is 0 Å². The maximum atomic E-state index is 11.6. The van der Waals surface area contributed by atoms with Crippen LogP contribution in [0.25, 0.3) is 0 Å². The van der Waals surface area contributed by atoms with Crippen molar-refractivity contribution in [1.29, 1.82) is 0 Å². The smallest absolute Gasteiger partial charge is 0.193 e. The third-order valence-corrected chi connectivity index (χ3v) is 4.56. The lowest BCUT2D eigenvalue weighted by molar-refractivity contribution is -0.110. The first-order chi connectivity index (χ1) is 7.24. The van der Waals surface area contributed by atoms with E-state index in [0.29, 0.717) is 11.4 Å². The van der Waals surface area contributed by atoms with Gasteiger partial charge in [-0.2, -0.15) is 11.8 Å². The molecular formula is C11H11ClOS2. The van der Waals surface area contributed by atoms with Crippen LogP contribution in [0.4, 0.5) is 0 Å². The second kappa shape index (κ2) is 5.28. The van der Waals surface area contributed by atoms with Gasteiger partial charge >= 0.3 is 0 Å². The predicted molar refractivity (Wildman–Crippen MR) is 68.9 cm³/mol. The number of hydrogen-bond donors (Lipinski definition) is 0. The molecule has 1 aliphatic heterocycles. The number of thioether (sulfide) groups is 2. The number of carbonyl (C=O) groups excluding carboxylic acids is 1. The summed E-state index contributed by atoms with van der Waals surface area (Å²) in [5.74, 6) is 2.19. The van der Waals surface area contributed by atoms with Crippen LogP contribution in [0.2, 0.25) is 5.02 Å². The van der Waals surface area contributed by atoms with Crippen molar-refractivity contribution >= 4 is 40.2 Å². The summed E-state index contributed by atoms with van der Waals surface area (Å²) in [7, 11) is 0. The van der Waals surface area contributed by atoms with Crippen LogP contribution in [0.1, 0.15) is 5.56 Å². The topological polar surface area (TPSA) is 17.1 Å². The van der Waals surface area contributed by atoms with Crippen molar-refractivity contribution in [2.75, 3.05) is 11.5 Å². The zero-order valence-electron chi connectivity index (χ0n) is 8.11. The Morgan fingerprint density at radius 2 is 2.13 bits per heavy atom. The summed E-state index contributed by atoms with van der Waals surface area (Å²) in [4.78, 5) is 11.6. The first-order valence-corrected chi connectivity index (χ1v) is 7.17. The highest BCUT2D eigenvalue weighted by molar-refractivity contribution is 8.15. The highest BCUT2D eigenvalue weighted by atomic mass is 35.5. The van der Waals surface area contributed by atoms with Gasteiger partial charge in [0.05, 0.1) is 0 Å². The van der Waals surface area contributed by atoms with E-state index in [2.05, 4.69) is 0 Å². The minimum Gasteiger partial charge on any atom is -0.287 e. The Kier molecular flexibility index (Phi) is 4.00. The number of hydrogen-bond acceptors (Lipinski definition) is 3. The van der Waals surface area contributed by atoms with E-state index in [4.69, 9.17) is 11.6 Å². The van der Waals surface area contributed by atoms with E-state index in [-0.39, 0.29) is 5.12 Å². The molecule has 1 unspecified atom stereocenters. The van der Waals surface area contributed by atoms with E-state index >= 15 is 0 Å². The Morgan fingerprint density at radius 1 is 1.47 bits per heavy atom. The fourth-order valence-corrected chi connectivity index (χ4v) is 3.05. The molecule has 1 aliphatic rings. The predicted octanol–water partition coefficient (Wildman–Crippen LogP) is 3.26. The van der Waals surface area contributed by atoms with E-state index in [1.54, 1.807) is 0 Å². The van der Waals surface area contributed by atoms with Crippen molar-refractivity contribution in [2.24, 2.45) is 0 Å². The minimum absolute atomic E-state index is 0.254. The molecule has 80 valence electrons. The fraction of sp³-hybridized carbons (Fsp3) is 0.364. The molecule has 0 N–H and O–H groups in total. The Labute approximate surface area is 103 Å². The zero-order chi connectivity index (χ0) is 10.7. The fourth-order valence-electron chi connectivity index (χ4n) is 1.17. The van der Waals surface area contributed by atoms with Gasteiger partial charge in [-0.15, -0.1) is 0 Å². The monoisotopic (exact) mass is 258 g/mol. The van der Waals surface area contributed by atoms with Crippen LogP contribution in [0.15, 0.2) is 24.3 Å². The molecule has 1 nitrogen and oxygen atoms in total. The second-order valence-electron chi connectivity index (χ2n) is 3.44. The van der Waals surface area contributed by atoms with Crippen molar-refractivity contribution in [1.82, 2.24) is 0 Å². The number of carbonyl (C=O) groups is 1. The van der Waals surface area contributed by atoms with Gasteiger partial charge in [-0.3, -0.25) is 4.79 Å². The molecule has 1 atom stereocenters. The van der Waals surface area contributed by atoms with Crippen molar-refractivity contribution in [3.8, 4) is 0 Å². The molecule has 1 fully saturated rings. The average molecular weight is 259 g/mol. The lowest BCUT2D eigenvalue weighted by Crippen LogP contribution is -2.00. The maximum absolute atomic E-state index is 11.6.